The van der Waals surface area contributed by atoms with E-state index in [0.717, 1.165) is 29.4 Å². The van der Waals surface area contributed by atoms with Crippen LogP contribution in [-0.2, 0) is 6.54 Å². The van der Waals surface area contributed by atoms with Crippen molar-refractivity contribution in [2.75, 3.05) is 17.2 Å². The fourth-order valence-corrected chi connectivity index (χ4v) is 1.74. The van der Waals surface area contributed by atoms with Gasteiger partial charge in [-0.25, -0.2) is 0 Å². The van der Waals surface area contributed by atoms with E-state index in [1.807, 2.05) is 24.3 Å². The maximum Gasteiger partial charge on any atom is 0.244 e. The number of hydrogen-bond acceptors (Lipinski definition) is 5. The summed E-state index contributed by atoms with van der Waals surface area (Å²) >= 11 is 6.08. The average Bonchev–Trinajstić information content (AvgIpc) is 2.45. The van der Waals surface area contributed by atoms with Crippen molar-refractivity contribution in [1.29, 1.82) is 0 Å². The second-order valence-electron chi connectivity index (χ2n) is 4.04. The van der Waals surface area contributed by atoms with Crippen LogP contribution in [0.1, 0.15) is 18.9 Å². The zero-order valence-electron chi connectivity index (χ0n) is 10.7. The molecule has 0 fully saturated rings. The van der Waals surface area contributed by atoms with E-state index in [-0.39, 0.29) is 0 Å². The third kappa shape index (κ3) is 4.06. The smallest absolute Gasteiger partial charge is 0.244 e. The summed E-state index contributed by atoms with van der Waals surface area (Å²) in [5.74, 6) is 1.21. The lowest BCUT2D eigenvalue weighted by Gasteiger charge is -2.07. The molecule has 0 saturated carbocycles. The molecule has 0 atom stereocenters. The molecule has 1 aromatic carbocycles. The van der Waals surface area contributed by atoms with Crippen molar-refractivity contribution >= 4 is 23.4 Å². The van der Waals surface area contributed by atoms with Crippen molar-refractivity contribution < 1.29 is 0 Å². The van der Waals surface area contributed by atoms with Crippen LogP contribution in [0, 0.1) is 0 Å². The minimum Gasteiger partial charge on any atom is -0.369 e. The average molecular weight is 278 g/mol. The highest BCUT2D eigenvalue weighted by atomic mass is 35.5. The molecule has 100 valence electrons. The highest BCUT2D eigenvalue weighted by Gasteiger charge is 2.02. The van der Waals surface area contributed by atoms with Crippen LogP contribution in [0.4, 0.5) is 11.8 Å². The summed E-state index contributed by atoms with van der Waals surface area (Å²) in [5.41, 5.74) is 1.000. The summed E-state index contributed by atoms with van der Waals surface area (Å²) < 4.78 is 0. The number of halogens is 1. The Kier molecular flexibility index (Phi) is 4.92. The van der Waals surface area contributed by atoms with Crippen LogP contribution in [0.15, 0.2) is 30.5 Å². The number of anilines is 2. The Hall–Kier alpha value is -1.88. The Balaban J connectivity index is 1.98. The van der Waals surface area contributed by atoms with Crippen molar-refractivity contribution in [2.45, 2.75) is 19.9 Å². The van der Waals surface area contributed by atoms with Crippen molar-refractivity contribution in [2.24, 2.45) is 0 Å². The molecule has 0 spiro atoms. The first-order valence-electron chi connectivity index (χ1n) is 6.20. The molecular weight excluding hydrogens is 262 g/mol. The minimum absolute atomic E-state index is 0.487. The molecule has 0 unspecified atom stereocenters. The summed E-state index contributed by atoms with van der Waals surface area (Å²) in [4.78, 5) is 4.32. The lowest BCUT2D eigenvalue weighted by Crippen LogP contribution is -2.08. The van der Waals surface area contributed by atoms with Gasteiger partial charge in [0.25, 0.3) is 0 Å². The molecule has 6 heteroatoms. The summed E-state index contributed by atoms with van der Waals surface area (Å²) in [6, 6.07) is 7.67. The van der Waals surface area contributed by atoms with Gasteiger partial charge in [-0.05, 0) is 18.1 Å². The van der Waals surface area contributed by atoms with Gasteiger partial charge in [0.05, 0.1) is 6.20 Å². The zero-order chi connectivity index (χ0) is 13.5. The maximum absolute atomic E-state index is 6.08. The standard InChI is InChI=1S/C13H16ClN5/c1-2-7-15-12-9-17-19-13(18-12)16-8-10-5-3-4-6-11(10)14/h3-6,9H,2,7-8H2,1H3,(H2,15,16,18,19). The van der Waals surface area contributed by atoms with E-state index in [1.165, 1.54) is 0 Å². The third-order valence-corrected chi connectivity index (χ3v) is 2.88. The highest BCUT2D eigenvalue weighted by Crippen LogP contribution is 2.15. The monoisotopic (exact) mass is 277 g/mol. The van der Waals surface area contributed by atoms with Gasteiger partial charge in [-0.2, -0.15) is 10.1 Å². The van der Waals surface area contributed by atoms with Gasteiger partial charge in [-0.3, -0.25) is 0 Å². The number of benzene rings is 1. The van der Waals surface area contributed by atoms with Gasteiger partial charge in [0.1, 0.15) is 5.82 Å². The summed E-state index contributed by atoms with van der Waals surface area (Å²) in [5, 5.41) is 14.8. The van der Waals surface area contributed by atoms with Crippen LogP contribution in [0.2, 0.25) is 5.02 Å². The van der Waals surface area contributed by atoms with Gasteiger partial charge in [0, 0.05) is 18.1 Å². The first-order chi connectivity index (χ1) is 9.29. The maximum atomic E-state index is 6.08. The molecule has 2 aromatic rings. The van der Waals surface area contributed by atoms with Gasteiger partial charge in [0.15, 0.2) is 0 Å². The lowest BCUT2D eigenvalue weighted by atomic mass is 10.2. The van der Waals surface area contributed by atoms with E-state index in [0.29, 0.717) is 12.5 Å². The lowest BCUT2D eigenvalue weighted by molar-refractivity contribution is 0.919. The van der Waals surface area contributed by atoms with Gasteiger partial charge < -0.3 is 10.6 Å². The number of hydrogen-bond donors (Lipinski definition) is 2. The molecule has 0 amide bonds. The first-order valence-corrected chi connectivity index (χ1v) is 6.58. The summed E-state index contributed by atoms with van der Waals surface area (Å²) in [6.07, 6.45) is 2.64. The van der Waals surface area contributed by atoms with Gasteiger partial charge in [0.2, 0.25) is 5.95 Å². The second kappa shape index (κ2) is 6.89. The number of nitrogens with one attached hydrogen (secondary N) is 2. The van der Waals surface area contributed by atoms with E-state index >= 15 is 0 Å². The predicted molar refractivity (Wildman–Crippen MR) is 77.4 cm³/mol. The van der Waals surface area contributed by atoms with Crippen LogP contribution >= 0.6 is 11.6 Å². The molecule has 19 heavy (non-hydrogen) atoms. The molecule has 5 nitrogen and oxygen atoms in total. The fourth-order valence-electron chi connectivity index (χ4n) is 1.53. The Morgan fingerprint density at radius 3 is 2.84 bits per heavy atom. The topological polar surface area (TPSA) is 62.7 Å². The van der Waals surface area contributed by atoms with E-state index in [1.54, 1.807) is 6.20 Å². The molecule has 0 saturated heterocycles. The fraction of sp³-hybridized carbons (Fsp3) is 0.308. The molecule has 1 aromatic heterocycles. The molecule has 2 rings (SSSR count). The normalized spacial score (nSPS) is 10.2. The molecule has 0 radical (unpaired) electrons. The van der Waals surface area contributed by atoms with Crippen LogP contribution in [0.25, 0.3) is 0 Å². The first kappa shape index (κ1) is 13.5. The van der Waals surface area contributed by atoms with Crippen LogP contribution < -0.4 is 10.6 Å². The van der Waals surface area contributed by atoms with Crippen LogP contribution in [0.3, 0.4) is 0 Å². The van der Waals surface area contributed by atoms with Crippen LogP contribution in [0.5, 0.6) is 0 Å². The van der Waals surface area contributed by atoms with Gasteiger partial charge in [-0.15, -0.1) is 5.10 Å². The number of aromatic nitrogens is 3. The van der Waals surface area contributed by atoms with Gasteiger partial charge >= 0.3 is 0 Å². The quantitative estimate of drug-likeness (QED) is 0.850. The van der Waals surface area contributed by atoms with Crippen LogP contribution in [-0.4, -0.2) is 21.7 Å². The van der Waals surface area contributed by atoms with E-state index in [2.05, 4.69) is 32.7 Å². The molecule has 0 aliphatic heterocycles. The zero-order valence-corrected chi connectivity index (χ0v) is 11.5. The molecule has 0 aliphatic carbocycles. The highest BCUT2D eigenvalue weighted by molar-refractivity contribution is 6.31. The Labute approximate surface area is 117 Å². The molecular formula is C13H16ClN5. The van der Waals surface area contributed by atoms with Gasteiger partial charge in [-0.1, -0.05) is 36.7 Å². The molecule has 0 bridgehead atoms. The Morgan fingerprint density at radius 2 is 2.05 bits per heavy atom. The molecule has 0 aliphatic rings. The van der Waals surface area contributed by atoms with E-state index in [9.17, 15) is 0 Å². The number of nitrogens with zero attached hydrogens (tertiary/aromatic N) is 3. The minimum atomic E-state index is 0.487. The predicted octanol–water partition coefficient (Wildman–Crippen LogP) is 2.96. The largest absolute Gasteiger partial charge is 0.369 e. The van der Waals surface area contributed by atoms with Crippen molar-refractivity contribution in [1.82, 2.24) is 15.2 Å². The molecule has 2 N–H and O–H groups in total. The van der Waals surface area contributed by atoms with E-state index in [4.69, 9.17) is 11.6 Å². The Bertz CT molecular complexity index is 532. The van der Waals surface area contributed by atoms with E-state index < -0.39 is 0 Å². The molecule has 1 heterocycles. The Morgan fingerprint density at radius 1 is 1.21 bits per heavy atom. The van der Waals surface area contributed by atoms with Crippen molar-refractivity contribution in [3.63, 3.8) is 0 Å². The SMILES string of the molecule is CCCNc1cnnc(NCc2ccccc2Cl)n1. The van der Waals surface area contributed by atoms with Crippen molar-refractivity contribution in [3.05, 3.63) is 41.0 Å². The second-order valence-corrected chi connectivity index (χ2v) is 4.44. The third-order valence-electron chi connectivity index (χ3n) is 2.51. The number of rotatable bonds is 6. The summed E-state index contributed by atoms with van der Waals surface area (Å²) in [6.45, 7) is 3.53. The summed E-state index contributed by atoms with van der Waals surface area (Å²) in [7, 11) is 0. The van der Waals surface area contributed by atoms with Crippen molar-refractivity contribution in [3.8, 4) is 0 Å².